The number of pyridine rings is 1. The molecule has 0 aromatic carbocycles. The van der Waals surface area contributed by atoms with Crippen LogP contribution in [0.5, 0.6) is 5.75 Å². The van der Waals surface area contributed by atoms with E-state index in [0.717, 1.165) is 11.4 Å². The van der Waals surface area contributed by atoms with Crippen molar-refractivity contribution in [3.63, 3.8) is 0 Å². The van der Waals surface area contributed by atoms with Gasteiger partial charge in [-0.3, -0.25) is 4.98 Å². The molecule has 0 bridgehead atoms. The Morgan fingerprint density at radius 1 is 1.28 bits per heavy atom. The van der Waals surface area contributed by atoms with E-state index < -0.39 is 0 Å². The minimum absolute atomic E-state index is 0.144. The van der Waals surface area contributed by atoms with Gasteiger partial charge < -0.3 is 10.4 Å². The zero-order chi connectivity index (χ0) is 13.1. The van der Waals surface area contributed by atoms with Crippen LogP contribution in [0, 0.1) is 13.8 Å². The monoisotopic (exact) mass is 264 g/mol. The second kappa shape index (κ2) is 5.18. The predicted molar refractivity (Wildman–Crippen MR) is 69.7 cm³/mol. The summed E-state index contributed by atoms with van der Waals surface area (Å²) in [5, 5.41) is 12.8. The Labute approximate surface area is 110 Å². The van der Waals surface area contributed by atoms with E-state index in [0.29, 0.717) is 23.2 Å². The molecule has 0 unspecified atom stereocenters. The average molecular weight is 265 g/mol. The fourth-order valence-corrected chi connectivity index (χ4v) is 1.66. The fraction of sp³-hybridized carbons (Fsp3) is 0.250. The van der Waals surface area contributed by atoms with Crippen molar-refractivity contribution in [2.75, 3.05) is 5.32 Å². The second-order valence-corrected chi connectivity index (χ2v) is 4.26. The van der Waals surface area contributed by atoms with Crippen LogP contribution >= 0.6 is 11.6 Å². The molecule has 18 heavy (non-hydrogen) atoms. The summed E-state index contributed by atoms with van der Waals surface area (Å²) in [5.74, 6) is 1.40. The molecule has 0 aliphatic heterocycles. The third-order valence-electron chi connectivity index (χ3n) is 2.37. The van der Waals surface area contributed by atoms with Crippen molar-refractivity contribution in [2.45, 2.75) is 20.4 Å². The summed E-state index contributed by atoms with van der Waals surface area (Å²) >= 11 is 6.11. The van der Waals surface area contributed by atoms with Crippen LogP contribution in [0.25, 0.3) is 0 Å². The Hall–Kier alpha value is -1.88. The van der Waals surface area contributed by atoms with E-state index in [9.17, 15) is 0 Å². The van der Waals surface area contributed by atoms with Gasteiger partial charge in [-0.2, -0.15) is 0 Å². The molecule has 0 saturated carbocycles. The second-order valence-electron chi connectivity index (χ2n) is 3.88. The van der Waals surface area contributed by atoms with Gasteiger partial charge in [-0.25, -0.2) is 9.97 Å². The molecule has 0 radical (unpaired) electrons. The van der Waals surface area contributed by atoms with Gasteiger partial charge >= 0.3 is 0 Å². The average Bonchev–Trinajstić information content (AvgIpc) is 2.34. The molecule has 0 atom stereocenters. The molecule has 6 heteroatoms. The van der Waals surface area contributed by atoms with Gasteiger partial charge in [0.2, 0.25) is 0 Å². The van der Waals surface area contributed by atoms with Crippen LogP contribution in [0.15, 0.2) is 18.3 Å². The fourth-order valence-electron chi connectivity index (χ4n) is 1.51. The van der Waals surface area contributed by atoms with Gasteiger partial charge in [0.25, 0.3) is 0 Å². The summed E-state index contributed by atoms with van der Waals surface area (Å²) in [6.07, 6.45) is 1.40. The number of aromatic nitrogens is 3. The van der Waals surface area contributed by atoms with Crippen molar-refractivity contribution in [3.8, 4) is 5.75 Å². The Bertz CT molecular complexity index is 557. The minimum Gasteiger partial charge on any atom is -0.506 e. The highest BCUT2D eigenvalue weighted by molar-refractivity contribution is 6.33. The lowest BCUT2D eigenvalue weighted by Gasteiger charge is -2.09. The third kappa shape index (κ3) is 2.87. The first-order valence-corrected chi connectivity index (χ1v) is 5.82. The first-order chi connectivity index (χ1) is 8.56. The van der Waals surface area contributed by atoms with E-state index in [2.05, 4.69) is 20.3 Å². The van der Waals surface area contributed by atoms with Gasteiger partial charge in [-0.15, -0.1) is 0 Å². The number of halogens is 1. The van der Waals surface area contributed by atoms with Gasteiger partial charge in [0, 0.05) is 0 Å². The number of nitrogens with zero attached hydrogens (tertiary/aromatic N) is 3. The molecule has 0 aliphatic carbocycles. The number of aryl methyl sites for hydroxylation is 2. The first kappa shape index (κ1) is 12.6. The smallest absolute Gasteiger partial charge is 0.149 e. The number of rotatable bonds is 3. The predicted octanol–water partition coefficient (Wildman–Crippen LogP) is 2.46. The third-order valence-corrected chi connectivity index (χ3v) is 2.83. The van der Waals surface area contributed by atoms with Crippen LogP contribution in [-0.4, -0.2) is 20.1 Å². The molecule has 2 aromatic rings. The summed E-state index contributed by atoms with van der Waals surface area (Å²) in [7, 11) is 0. The standard InChI is InChI=1S/C12H13ClN4O/c1-7-11(13)12(17-8(2)16-7)15-5-9-3-4-10(18)6-14-9/h3-4,6,18H,5H2,1-2H3,(H,15,16,17). The highest BCUT2D eigenvalue weighted by Crippen LogP contribution is 2.22. The largest absolute Gasteiger partial charge is 0.506 e. The summed E-state index contributed by atoms with van der Waals surface area (Å²) in [5.41, 5.74) is 1.53. The van der Waals surface area contributed by atoms with Gasteiger partial charge in [-0.1, -0.05) is 11.6 Å². The molecule has 0 aliphatic rings. The zero-order valence-electron chi connectivity index (χ0n) is 10.1. The van der Waals surface area contributed by atoms with Crippen LogP contribution < -0.4 is 5.32 Å². The molecule has 0 saturated heterocycles. The number of hydrogen-bond acceptors (Lipinski definition) is 5. The SMILES string of the molecule is Cc1nc(C)c(Cl)c(NCc2ccc(O)cn2)n1. The van der Waals surface area contributed by atoms with Crippen molar-refractivity contribution < 1.29 is 5.11 Å². The molecule has 2 N–H and O–H groups in total. The summed E-state index contributed by atoms with van der Waals surface area (Å²) in [6.45, 7) is 4.13. The Kier molecular flexibility index (Phi) is 3.62. The lowest BCUT2D eigenvalue weighted by Crippen LogP contribution is -2.06. The van der Waals surface area contributed by atoms with Gasteiger partial charge in [0.1, 0.15) is 22.4 Å². The normalized spacial score (nSPS) is 10.4. The van der Waals surface area contributed by atoms with Crippen LogP contribution in [-0.2, 0) is 6.54 Å². The van der Waals surface area contributed by atoms with Crippen molar-refractivity contribution in [2.24, 2.45) is 0 Å². The molecule has 0 amide bonds. The highest BCUT2D eigenvalue weighted by Gasteiger charge is 2.07. The van der Waals surface area contributed by atoms with Crippen LogP contribution in [0.2, 0.25) is 5.02 Å². The van der Waals surface area contributed by atoms with E-state index in [1.54, 1.807) is 12.1 Å². The molecule has 94 valence electrons. The van der Waals surface area contributed by atoms with E-state index >= 15 is 0 Å². The van der Waals surface area contributed by atoms with E-state index in [4.69, 9.17) is 16.7 Å². The van der Waals surface area contributed by atoms with Gasteiger partial charge in [0.15, 0.2) is 0 Å². The number of aromatic hydroxyl groups is 1. The Morgan fingerprint density at radius 3 is 2.72 bits per heavy atom. The van der Waals surface area contributed by atoms with E-state index in [-0.39, 0.29) is 5.75 Å². The summed E-state index contributed by atoms with van der Waals surface area (Å²) < 4.78 is 0. The molecule has 0 fully saturated rings. The van der Waals surface area contributed by atoms with Gasteiger partial charge in [0.05, 0.1) is 24.1 Å². The lowest BCUT2D eigenvalue weighted by molar-refractivity contribution is 0.472. The highest BCUT2D eigenvalue weighted by atomic mass is 35.5. The Morgan fingerprint density at radius 2 is 2.06 bits per heavy atom. The maximum Gasteiger partial charge on any atom is 0.149 e. The minimum atomic E-state index is 0.144. The van der Waals surface area contributed by atoms with Crippen molar-refractivity contribution >= 4 is 17.4 Å². The van der Waals surface area contributed by atoms with E-state index in [1.165, 1.54) is 6.20 Å². The Balaban J connectivity index is 2.13. The first-order valence-electron chi connectivity index (χ1n) is 5.45. The van der Waals surface area contributed by atoms with Gasteiger partial charge in [-0.05, 0) is 26.0 Å². The lowest BCUT2D eigenvalue weighted by atomic mass is 10.3. The zero-order valence-corrected chi connectivity index (χ0v) is 10.9. The number of anilines is 1. The molecule has 2 aromatic heterocycles. The van der Waals surface area contributed by atoms with Crippen LogP contribution in [0.1, 0.15) is 17.2 Å². The molecule has 0 spiro atoms. The quantitative estimate of drug-likeness (QED) is 0.891. The topological polar surface area (TPSA) is 70.9 Å². The molecular weight excluding hydrogens is 252 g/mol. The van der Waals surface area contributed by atoms with Crippen molar-refractivity contribution in [1.29, 1.82) is 0 Å². The number of nitrogens with one attached hydrogen (secondary N) is 1. The van der Waals surface area contributed by atoms with Crippen LogP contribution in [0.3, 0.4) is 0 Å². The number of hydrogen-bond donors (Lipinski definition) is 2. The maximum absolute atomic E-state index is 9.13. The van der Waals surface area contributed by atoms with Crippen molar-refractivity contribution in [3.05, 3.63) is 40.6 Å². The summed E-state index contributed by atoms with van der Waals surface area (Å²) in [4.78, 5) is 12.5. The molecule has 2 rings (SSSR count). The van der Waals surface area contributed by atoms with E-state index in [1.807, 2.05) is 13.8 Å². The summed E-state index contributed by atoms with van der Waals surface area (Å²) in [6, 6.07) is 3.32. The maximum atomic E-state index is 9.13. The molecular formula is C12H13ClN4O. The van der Waals surface area contributed by atoms with Crippen molar-refractivity contribution in [1.82, 2.24) is 15.0 Å². The van der Waals surface area contributed by atoms with Crippen LogP contribution in [0.4, 0.5) is 5.82 Å². The molecule has 2 heterocycles. The molecule has 5 nitrogen and oxygen atoms in total.